The maximum Gasteiger partial charge on any atom is 0.410 e. The molecule has 2 saturated heterocycles. The van der Waals surface area contributed by atoms with Crippen LogP contribution in [0.1, 0.15) is 45.6 Å². The number of amides is 2. The number of rotatable bonds is 5. The first-order chi connectivity index (χ1) is 23.0. The number of aromatic nitrogens is 2. The van der Waals surface area contributed by atoms with Gasteiger partial charge in [-0.25, -0.2) is 9.18 Å². The fraction of sp³-hybridized carbons (Fsp3) is 0.600. The number of hydrogen-bond donors (Lipinski definition) is 1. The van der Waals surface area contributed by atoms with Gasteiger partial charge in [-0.2, -0.15) is 5.10 Å². The van der Waals surface area contributed by atoms with Gasteiger partial charge in [-0.05, 0) is 62.1 Å². The van der Waals surface area contributed by atoms with Crippen molar-refractivity contribution < 1.29 is 38.1 Å². The first-order valence-electron chi connectivity index (χ1n) is 16.9. The summed E-state index contributed by atoms with van der Waals surface area (Å²) in [7, 11) is 2.02. The van der Waals surface area contributed by atoms with Gasteiger partial charge < -0.3 is 34.0 Å². The van der Waals surface area contributed by atoms with Gasteiger partial charge in [0.2, 0.25) is 5.91 Å². The lowest BCUT2D eigenvalue weighted by Crippen LogP contribution is -2.48. The third-order valence-corrected chi connectivity index (χ3v) is 9.48. The van der Waals surface area contributed by atoms with Gasteiger partial charge in [-0.15, -0.1) is 0 Å². The number of cyclic esters (lactones) is 1. The Morgan fingerprint density at radius 2 is 1.79 bits per heavy atom. The smallest absolute Gasteiger partial charge is 0.410 e. The van der Waals surface area contributed by atoms with Crippen molar-refractivity contribution in [3.63, 3.8) is 0 Å². The minimum Gasteiger partial charge on any atom is -0.457 e. The quantitative estimate of drug-likeness (QED) is 0.376. The fourth-order valence-corrected chi connectivity index (χ4v) is 6.38. The van der Waals surface area contributed by atoms with Gasteiger partial charge >= 0.3 is 12.1 Å². The van der Waals surface area contributed by atoms with Gasteiger partial charge in [0.25, 0.3) is 0 Å². The van der Waals surface area contributed by atoms with Crippen molar-refractivity contribution >= 4 is 34.9 Å². The van der Waals surface area contributed by atoms with E-state index in [4.69, 9.17) is 14.2 Å². The van der Waals surface area contributed by atoms with E-state index in [1.54, 1.807) is 28.9 Å². The Balaban J connectivity index is 1.38. The zero-order valence-electron chi connectivity index (χ0n) is 28.3. The van der Waals surface area contributed by atoms with Crippen LogP contribution < -0.4 is 0 Å². The third kappa shape index (κ3) is 9.00. The van der Waals surface area contributed by atoms with Crippen LogP contribution in [0.4, 0.5) is 9.18 Å². The number of aliphatic hydroxyl groups excluding tert-OH is 1. The third-order valence-electron chi connectivity index (χ3n) is 9.48. The molecule has 4 heterocycles. The number of aliphatic hydroxyl groups is 1. The molecule has 2 amide bonds. The van der Waals surface area contributed by atoms with E-state index in [9.17, 15) is 19.5 Å². The van der Waals surface area contributed by atoms with Crippen LogP contribution >= 0.6 is 0 Å². The van der Waals surface area contributed by atoms with Crippen LogP contribution in [0.25, 0.3) is 17.0 Å². The number of carbonyl (C=O) groups is 3. The Morgan fingerprint density at radius 1 is 1.06 bits per heavy atom. The molecule has 0 radical (unpaired) electrons. The Hall–Kier alpha value is -3.81. The monoisotopic (exact) mass is 669 g/mol. The molecule has 12 nitrogen and oxygen atoms in total. The second-order valence-corrected chi connectivity index (χ2v) is 13.3. The number of hydrogen-bond acceptors (Lipinski definition) is 9. The highest BCUT2D eigenvalue weighted by atomic mass is 19.1. The van der Waals surface area contributed by atoms with Crippen molar-refractivity contribution in [3.05, 3.63) is 47.4 Å². The van der Waals surface area contributed by atoms with E-state index in [0.717, 1.165) is 13.1 Å². The zero-order chi connectivity index (χ0) is 34.4. The molecule has 262 valence electrons. The van der Waals surface area contributed by atoms with Crippen molar-refractivity contribution in [1.29, 1.82) is 0 Å². The van der Waals surface area contributed by atoms with Gasteiger partial charge in [0.1, 0.15) is 24.6 Å². The van der Waals surface area contributed by atoms with Crippen LogP contribution in [0, 0.1) is 17.7 Å². The number of fused-ring (bicyclic) bond motifs is 1. The highest BCUT2D eigenvalue weighted by molar-refractivity contribution is 5.84. The van der Waals surface area contributed by atoms with Crippen LogP contribution in [0.15, 0.2) is 36.1 Å². The number of benzene rings is 1. The molecule has 0 aliphatic carbocycles. The molecule has 0 saturated carbocycles. The molecular weight excluding hydrogens is 621 g/mol. The Morgan fingerprint density at radius 3 is 2.52 bits per heavy atom. The maximum absolute atomic E-state index is 15.3. The van der Waals surface area contributed by atoms with Gasteiger partial charge in [-0.1, -0.05) is 26.0 Å². The first kappa shape index (κ1) is 35.5. The van der Waals surface area contributed by atoms with Crippen molar-refractivity contribution in [2.24, 2.45) is 11.8 Å². The van der Waals surface area contributed by atoms with Crippen molar-refractivity contribution in [2.75, 3.05) is 59.5 Å². The van der Waals surface area contributed by atoms with Crippen LogP contribution in [-0.4, -0.2) is 125 Å². The van der Waals surface area contributed by atoms with E-state index >= 15 is 4.39 Å². The van der Waals surface area contributed by atoms with Crippen LogP contribution in [0.2, 0.25) is 0 Å². The largest absolute Gasteiger partial charge is 0.457 e. The second-order valence-electron chi connectivity index (χ2n) is 13.3. The molecule has 1 N–H and O–H groups in total. The first-order valence-corrected chi connectivity index (χ1v) is 16.9. The van der Waals surface area contributed by atoms with Crippen LogP contribution in [0.5, 0.6) is 0 Å². The number of morpholine rings is 1. The molecule has 0 unspecified atom stereocenters. The molecule has 2 aromatic rings. The molecule has 1 aromatic heterocycles. The zero-order valence-corrected chi connectivity index (χ0v) is 28.3. The lowest BCUT2D eigenvalue weighted by atomic mass is 9.91. The minimum absolute atomic E-state index is 0.0293. The van der Waals surface area contributed by atoms with Gasteiger partial charge in [0.05, 0.1) is 42.8 Å². The number of carbonyl (C=O) groups excluding carboxylic acids is 3. The molecule has 13 heteroatoms. The molecule has 2 fully saturated rings. The molecule has 48 heavy (non-hydrogen) atoms. The SMILES string of the molecule is C/C(=C\c1cc(F)c2cnn(CC(=O)N3CCOCC3)c2c1)[C@H]1OC(=O)C[C@H](O)CC[C@H](C)[C@@H](OC(=O)N2CCN(C)CC2)/C=C\[C@@H]1C. The predicted octanol–water partition coefficient (Wildman–Crippen LogP) is 3.48. The van der Waals surface area contributed by atoms with Gasteiger partial charge in [-0.3, -0.25) is 14.3 Å². The summed E-state index contributed by atoms with van der Waals surface area (Å²) in [5.41, 5.74) is 1.64. The van der Waals surface area contributed by atoms with Crippen LogP contribution in [0.3, 0.4) is 0 Å². The highest BCUT2D eigenvalue weighted by Crippen LogP contribution is 2.27. The van der Waals surface area contributed by atoms with Crippen molar-refractivity contribution in [3.8, 4) is 0 Å². The summed E-state index contributed by atoms with van der Waals surface area (Å²) in [6.45, 7) is 10.3. The van der Waals surface area contributed by atoms with E-state index in [2.05, 4.69) is 10.00 Å². The van der Waals surface area contributed by atoms with Crippen molar-refractivity contribution in [2.45, 2.75) is 64.9 Å². The summed E-state index contributed by atoms with van der Waals surface area (Å²) in [5, 5.41) is 15.2. The lowest BCUT2D eigenvalue weighted by Gasteiger charge is -2.33. The average Bonchev–Trinajstić information content (AvgIpc) is 3.47. The molecule has 5 rings (SSSR count). The lowest BCUT2D eigenvalue weighted by molar-refractivity contribution is -0.151. The Bertz CT molecular complexity index is 1510. The van der Waals surface area contributed by atoms with Gasteiger partial charge in [0.15, 0.2) is 0 Å². The van der Waals surface area contributed by atoms with Crippen LogP contribution in [-0.2, 0) is 30.3 Å². The maximum atomic E-state index is 15.3. The summed E-state index contributed by atoms with van der Waals surface area (Å²) in [4.78, 5) is 44.5. The number of piperazine rings is 1. The summed E-state index contributed by atoms with van der Waals surface area (Å²) < 4.78 is 34.1. The fourth-order valence-electron chi connectivity index (χ4n) is 6.38. The number of nitrogens with zero attached hydrogens (tertiary/aromatic N) is 5. The molecular formula is C35H48FN5O7. The topological polar surface area (TPSA) is 127 Å². The predicted molar refractivity (Wildman–Crippen MR) is 177 cm³/mol. The normalized spacial score (nSPS) is 27.6. The van der Waals surface area contributed by atoms with Crippen molar-refractivity contribution in [1.82, 2.24) is 24.5 Å². The molecule has 3 aliphatic rings. The summed E-state index contributed by atoms with van der Waals surface area (Å²) in [5.74, 6) is -1.58. The van der Waals surface area contributed by atoms with E-state index < -0.39 is 30.1 Å². The summed E-state index contributed by atoms with van der Waals surface area (Å²) >= 11 is 0. The molecule has 5 atom stereocenters. The minimum atomic E-state index is -0.908. The number of ether oxygens (including phenoxy) is 3. The van der Waals surface area contributed by atoms with E-state index in [1.165, 1.54) is 16.9 Å². The molecule has 0 bridgehead atoms. The molecule has 0 spiro atoms. The van der Waals surface area contributed by atoms with Gasteiger partial charge in [0, 0.05) is 45.2 Å². The summed E-state index contributed by atoms with van der Waals surface area (Å²) in [6.07, 6.45) is 5.09. The Labute approximate surface area is 281 Å². The van der Waals surface area contributed by atoms with E-state index in [1.807, 2.05) is 33.0 Å². The standard InChI is InChI=1S/C35H48FN5O7/c1-23-5-7-27(42)20-33(44)48-34(24(2)6-8-31(23)47-35(45)40-11-9-38(4)10-12-40)25(3)17-26-18-29(36)28-21-37-41(30(28)19-26)22-32(43)39-13-15-46-16-14-39/h6,8,17-19,21,23-24,27,31,34,42H,5,7,9-16,20,22H2,1-4H3/b8-6-,25-17+/t23-,24-,27+,31-,34-/m0/s1. The molecule has 3 aliphatic heterocycles. The number of halogens is 1. The second kappa shape index (κ2) is 16.1. The summed E-state index contributed by atoms with van der Waals surface area (Å²) in [6, 6.07) is 3.15. The van der Waals surface area contributed by atoms with E-state index in [0.29, 0.717) is 74.3 Å². The van der Waals surface area contributed by atoms with E-state index in [-0.39, 0.29) is 36.8 Å². The Kier molecular flexibility index (Phi) is 11.9. The molecule has 1 aromatic carbocycles. The number of esters is 1. The number of likely N-dealkylation sites (N-methyl/N-ethyl adjacent to an activating group) is 1. The highest BCUT2D eigenvalue weighted by Gasteiger charge is 2.29. The average molecular weight is 670 g/mol.